The predicted molar refractivity (Wildman–Crippen MR) is 109 cm³/mol. The van der Waals surface area contributed by atoms with Crippen molar-refractivity contribution in [2.45, 2.75) is 109 Å². The molecular formula is C22H38O6. The molecule has 0 aromatic carbocycles. The van der Waals surface area contributed by atoms with E-state index in [1.54, 1.807) is 0 Å². The lowest BCUT2D eigenvalue weighted by Crippen LogP contribution is -2.28. The van der Waals surface area contributed by atoms with Crippen molar-refractivity contribution >= 4 is 17.9 Å². The van der Waals surface area contributed by atoms with Crippen LogP contribution in [0.15, 0.2) is 12.2 Å². The van der Waals surface area contributed by atoms with Crippen LogP contribution in [0, 0.1) is 0 Å². The van der Waals surface area contributed by atoms with Gasteiger partial charge >= 0.3 is 17.9 Å². The van der Waals surface area contributed by atoms with Gasteiger partial charge in [-0.1, -0.05) is 70.4 Å². The molecule has 0 fully saturated rings. The van der Waals surface area contributed by atoms with E-state index in [1.165, 1.54) is 44.9 Å². The van der Waals surface area contributed by atoms with Crippen LogP contribution in [0.3, 0.4) is 0 Å². The van der Waals surface area contributed by atoms with E-state index in [1.807, 2.05) is 0 Å². The van der Waals surface area contributed by atoms with Crippen LogP contribution in [0.1, 0.15) is 103 Å². The first-order valence-electron chi connectivity index (χ1n) is 10.8. The van der Waals surface area contributed by atoms with Crippen LogP contribution < -0.4 is 0 Å². The summed E-state index contributed by atoms with van der Waals surface area (Å²) < 4.78 is 4.43. The molecule has 0 aliphatic rings. The number of aliphatic hydroxyl groups is 1. The minimum Gasteiger partial charge on any atom is -0.481 e. The van der Waals surface area contributed by atoms with Crippen LogP contribution in [-0.2, 0) is 19.1 Å². The van der Waals surface area contributed by atoms with Gasteiger partial charge < -0.3 is 14.9 Å². The van der Waals surface area contributed by atoms with E-state index in [0.717, 1.165) is 32.1 Å². The van der Waals surface area contributed by atoms with Gasteiger partial charge in [0.2, 0.25) is 0 Å². The van der Waals surface area contributed by atoms with E-state index < -0.39 is 30.4 Å². The molecule has 1 atom stereocenters. The Morgan fingerprint density at radius 2 is 1.32 bits per heavy atom. The fraction of sp³-hybridized carbons (Fsp3) is 0.773. The van der Waals surface area contributed by atoms with Crippen molar-refractivity contribution in [2.75, 3.05) is 0 Å². The number of aliphatic carboxylic acids is 1. The average molecular weight is 399 g/mol. The second-order valence-corrected chi connectivity index (χ2v) is 7.24. The molecule has 0 spiro atoms. The molecule has 0 amide bonds. The summed E-state index contributed by atoms with van der Waals surface area (Å²) in [6, 6.07) is 0. The van der Waals surface area contributed by atoms with Crippen molar-refractivity contribution in [3.05, 3.63) is 12.2 Å². The number of esters is 2. The SMILES string of the molecule is CCCCCCCCC=CCCCCCCCC(=O)OC(=O)C(O)CC(=O)O. The number of carboxylic acids is 1. The van der Waals surface area contributed by atoms with Gasteiger partial charge in [-0.25, -0.2) is 4.79 Å². The maximum Gasteiger partial charge on any atom is 0.343 e. The van der Waals surface area contributed by atoms with E-state index in [4.69, 9.17) is 5.11 Å². The summed E-state index contributed by atoms with van der Waals surface area (Å²) in [7, 11) is 0. The molecule has 0 aliphatic heterocycles. The van der Waals surface area contributed by atoms with Gasteiger partial charge in [0.05, 0.1) is 6.42 Å². The van der Waals surface area contributed by atoms with E-state index in [-0.39, 0.29) is 6.42 Å². The Balaban J connectivity index is 3.45. The van der Waals surface area contributed by atoms with Gasteiger partial charge in [0.25, 0.3) is 0 Å². The summed E-state index contributed by atoms with van der Waals surface area (Å²) in [6.07, 6.45) is 17.1. The van der Waals surface area contributed by atoms with E-state index in [9.17, 15) is 19.5 Å². The van der Waals surface area contributed by atoms with Gasteiger partial charge in [-0.15, -0.1) is 0 Å². The number of hydrogen-bond acceptors (Lipinski definition) is 5. The second-order valence-electron chi connectivity index (χ2n) is 7.24. The maximum atomic E-state index is 11.5. The van der Waals surface area contributed by atoms with Crippen LogP contribution in [-0.4, -0.2) is 34.2 Å². The van der Waals surface area contributed by atoms with Crippen LogP contribution in [0.5, 0.6) is 0 Å². The van der Waals surface area contributed by atoms with E-state index in [0.29, 0.717) is 6.42 Å². The topological polar surface area (TPSA) is 101 Å². The molecule has 0 saturated carbocycles. The average Bonchev–Trinajstić information content (AvgIpc) is 2.64. The molecule has 0 rings (SSSR count). The van der Waals surface area contributed by atoms with Gasteiger partial charge in [-0.2, -0.15) is 0 Å². The molecule has 162 valence electrons. The first-order chi connectivity index (χ1) is 13.5. The molecule has 0 aliphatic carbocycles. The highest BCUT2D eigenvalue weighted by atomic mass is 16.6. The molecule has 2 N–H and O–H groups in total. The van der Waals surface area contributed by atoms with Crippen molar-refractivity contribution in [1.29, 1.82) is 0 Å². The summed E-state index contributed by atoms with van der Waals surface area (Å²) in [6.45, 7) is 2.23. The van der Waals surface area contributed by atoms with Crippen molar-refractivity contribution in [2.24, 2.45) is 0 Å². The Kier molecular flexibility index (Phi) is 17.5. The van der Waals surface area contributed by atoms with Gasteiger partial charge in [0, 0.05) is 6.42 Å². The number of aliphatic hydroxyl groups excluding tert-OH is 1. The lowest BCUT2D eigenvalue weighted by Gasteiger charge is -2.07. The normalized spacial score (nSPS) is 12.2. The van der Waals surface area contributed by atoms with E-state index in [2.05, 4.69) is 23.8 Å². The summed E-state index contributed by atoms with van der Waals surface area (Å²) in [4.78, 5) is 33.1. The Morgan fingerprint density at radius 1 is 0.821 bits per heavy atom. The van der Waals surface area contributed by atoms with Gasteiger partial charge in [-0.05, 0) is 32.1 Å². The predicted octanol–water partition coefficient (Wildman–Crippen LogP) is 4.93. The fourth-order valence-corrected chi connectivity index (χ4v) is 2.82. The number of hydrogen-bond donors (Lipinski definition) is 2. The molecule has 28 heavy (non-hydrogen) atoms. The summed E-state index contributed by atoms with van der Waals surface area (Å²) >= 11 is 0. The highest BCUT2D eigenvalue weighted by Crippen LogP contribution is 2.10. The van der Waals surface area contributed by atoms with E-state index >= 15 is 0 Å². The monoisotopic (exact) mass is 398 g/mol. The molecule has 1 unspecified atom stereocenters. The van der Waals surface area contributed by atoms with Crippen LogP contribution >= 0.6 is 0 Å². The molecule has 0 bridgehead atoms. The largest absolute Gasteiger partial charge is 0.481 e. The lowest BCUT2D eigenvalue weighted by molar-refractivity contribution is -0.168. The van der Waals surface area contributed by atoms with Crippen LogP contribution in [0.4, 0.5) is 0 Å². The number of carbonyl (C=O) groups excluding carboxylic acids is 2. The van der Waals surface area contributed by atoms with Gasteiger partial charge in [-0.3, -0.25) is 9.59 Å². The summed E-state index contributed by atoms with van der Waals surface area (Å²) in [5.74, 6) is -3.23. The molecule has 0 heterocycles. The quantitative estimate of drug-likeness (QED) is 0.147. The van der Waals surface area contributed by atoms with Crippen molar-refractivity contribution in [3.8, 4) is 0 Å². The number of allylic oxidation sites excluding steroid dienone is 2. The maximum absolute atomic E-state index is 11.5. The molecule has 0 saturated heterocycles. The number of ether oxygens (including phenoxy) is 1. The third-order valence-corrected chi connectivity index (χ3v) is 4.50. The zero-order valence-corrected chi connectivity index (χ0v) is 17.4. The zero-order valence-electron chi connectivity index (χ0n) is 17.4. The molecule has 6 heteroatoms. The first kappa shape index (κ1) is 26.3. The first-order valence-corrected chi connectivity index (χ1v) is 10.8. The van der Waals surface area contributed by atoms with Crippen molar-refractivity contribution < 1.29 is 29.3 Å². The minimum atomic E-state index is -1.80. The number of carbonyl (C=O) groups is 3. The molecule has 0 aromatic heterocycles. The van der Waals surface area contributed by atoms with Gasteiger partial charge in [0.1, 0.15) is 0 Å². The van der Waals surface area contributed by atoms with Crippen LogP contribution in [0.25, 0.3) is 0 Å². The molecular weight excluding hydrogens is 360 g/mol. The number of carboxylic acid groups (broad SMARTS) is 1. The fourth-order valence-electron chi connectivity index (χ4n) is 2.82. The number of rotatable bonds is 18. The van der Waals surface area contributed by atoms with Gasteiger partial charge in [0.15, 0.2) is 6.10 Å². The Hall–Kier alpha value is -1.69. The second kappa shape index (κ2) is 18.7. The highest BCUT2D eigenvalue weighted by Gasteiger charge is 2.22. The summed E-state index contributed by atoms with van der Waals surface area (Å²) in [5.41, 5.74) is 0. The Morgan fingerprint density at radius 3 is 1.86 bits per heavy atom. The van der Waals surface area contributed by atoms with Crippen LogP contribution in [0.2, 0.25) is 0 Å². The summed E-state index contributed by atoms with van der Waals surface area (Å²) in [5, 5.41) is 17.7. The molecule has 0 aromatic rings. The smallest absolute Gasteiger partial charge is 0.343 e. The minimum absolute atomic E-state index is 0.101. The molecule has 0 radical (unpaired) electrons. The standard InChI is InChI=1S/C22H38O6/c1-2-3-4-5-6-7-8-9-10-11-12-13-14-15-16-17-21(26)28-22(27)19(23)18-20(24)25/h9-10,19,23H,2-8,11-18H2,1H3,(H,24,25). The Bertz CT molecular complexity index is 458. The van der Waals surface area contributed by atoms with Crippen molar-refractivity contribution in [1.82, 2.24) is 0 Å². The number of unbranched alkanes of at least 4 members (excludes halogenated alkanes) is 11. The third kappa shape index (κ3) is 17.7. The zero-order chi connectivity index (χ0) is 21.0. The molecule has 6 nitrogen and oxygen atoms in total. The lowest BCUT2D eigenvalue weighted by atomic mass is 10.1. The Labute approximate surface area is 169 Å². The third-order valence-electron chi connectivity index (χ3n) is 4.50. The van der Waals surface area contributed by atoms with Crippen molar-refractivity contribution in [3.63, 3.8) is 0 Å². The highest BCUT2D eigenvalue weighted by molar-refractivity contribution is 5.89.